The Morgan fingerprint density at radius 3 is 2.40 bits per heavy atom. The smallest absolute Gasteiger partial charge is 0.324 e. The van der Waals surface area contributed by atoms with Crippen molar-refractivity contribution >= 4 is 29.0 Å². The van der Waals surface area contributed by atoms with Crippen LogP contribution in [0.5, 0.6) is 0 Å². The van der Waals surface area contributed by atoms with Gasteiger partial charge in [-0.05, 0) is 26.1 Å². The van der Waals surface area contributed by atoms with Crippen LogP contribution in [0, 0.1) is 11.7 Å². The summed E-state index contributed by atoms with van der Waals surface area (Å²) in [4.78, 5) is 41.4. The predicted molar refractivity (Wildman–Crippen MR) is 89.6 cm³/mol. The van der Waals surface area contributed by atoms with Crippen LogP contribution in [0.3, 0.4) is 0 Å². The number of rotatable bonds is 3. The van der Waals surface area contributed by atoms with E-state index in [1.165, 1.54) is 11.0 Å². The van der Waals surface area contributed by atoms with Crippen LogP contribution in [-0.4, -0.2) is 67.4 Å². The molecule has 8 heteroatoms. The van der Waals surface area contributed by atoms with Gasteiger partial charge in [-0.1, -0.05) is 0 Å². The number of piperazine rings is 1. The number of aliphatic carboxylic acids is 1. The van der Waals surface area contributed by atoms with Crippen molar-refractivity contribution in [1.82, 2.24) is 4.90 Å². The highest BCUT2D eigenvalue weighted by atomic mass is 19.1. The number of Topliss-reactive ketones (excluding diaryl/α,β-unsaturated/α-hetero) is 1. The van der Waals surface area contributed by atoms with E-state index < -0.39 is 29.4 Å². The zero-order chi connectivity index (χ0) is 18.3. The number of ketones is 1. The van der Waals surface area contributed by atoms with Crippen LogP contribution in [-0.2, 0) is 9.59 Å². The van der Waals surface area contributed by atoms with Crippen molar-refractivity contribution in [1.29, 1.82) is 0 Å². The Kier molecular flexibility index (Phi) is 4.47. The molecule has 7 nitrogen and oxygen atoms in total. The van der Waals surface area contributed by atoms with Crippen molar-refractivity contribution in [2.75, 3.05) is 49.6 Å². The maximum Gasteiger partial charge on any atom is 0.324 e. The summed E-state index contributed by atoms with van der Waals surface area (Å²) in [6.07, 6.45) is 0. The van der Waals surface area contributed by atoms with Crippen LogP contribution in [0.4, 0.5) is 15.8 Å². The van der Waals surface area contributed by atoms with Crippen LogP contribution in [0.1, 0.15) is 17.3 Å². The Hall–Kier alpha value is -2.48. The van der Waals surface area contributed by atoms with Gasteiger partial charge in [0.15, 0.2) is 11.7 Å². The molecule has 1 saturated heterocycles. The summed E-state index contributed by atoms with van der Waals surface area (Å²) in [5.41, 5.74) is 0.564. The van der Waals surface area contributed by atoms with E-state index in [0.717, 1.165) is 19.2 Å². The van der Waals surface area contributed by atoms with E-state index >= 15 is 0 Å². The zero-order valence-electron chi connectivity index (χ0n) is 14.2. The fourth-order valence-corrected chi connectivity index (χ4v) is 3.35. The molecule has 0 aromatic heterocycles. The van der Waals surface area contributed by atoms with Crippen molar-refractivity contribution in [3.8, 4) is 0 Å². The van der Waals surface area contributed by atoms with E-state index in [2.05, 4.69) is 4.90 Å². The number of carbonyl (C=O) groups excluding carboxylic acids is 2. The lowest BCUT2D eigenvalue weighted by Gasteiger charge is -2.36. The molecule has 0 radical (unpaired) electrons. The molecule has 1 fully saturated rings. The summed E-state index contributed by atoms with van der Waals surface area (Å²) in [5, 5.41) is 9.20. The van der Waals surface area contributed by atoms with E-state index in [4.69, 9.17) is 0 Å². The van der Waals surface area contributed by atoms with Gasteiger partial charge in [0.1, 0.15) is 5.82 Å². The first kappa shape index (κ1) is 17.3. The van der Waals surface area contributed by atoms with Gasteiger partial charge in [0.05, 0.1) is 11.4 Å². The molecule has 3 rings (SSSR count). The lowest BCUT2D eigenvalue weighted by Crippen LogP contribution is -2.48. The molecule has 1 atom stereocenters. The highest BCUT2D eigenvalue weighted by Crippen LogP contribution is 2.36. The molecular formula is C17H20FN3O4. The van der Waals surface area contributed by atoms with E-state index in [1.54, 1.807) is 6.92 Å². The monoisotopic (exact) mass is 349 g/mol. The third kappa shape index (κ3) is 2.86. The molecule has 1 unspecified atom stereocenters. The first-order chi connectivity index (χ1) is 11.8. The lowest BCUT2D eigenvalue weighted by atomic mass is 9.89. The summed E-state index contributed by atoms with van der Waals surface area (Å²) in [7, 11) is 1.99. The molecular weight excluding hydrogens is 329 g/mol. The molecule has 134 valence electrons. The summed E-state index contributed by atoms with van der Waals surface area (Å²) in [6, 6.07) is 2.56. The van der Waals surface area contributed by atoms with Crippen LogP contribution >= 0.6 is 0 Å². The number of nitrogens with zero attached hydrogens (tertiary/aromatic N) is 3. The molecule has 1 amide bonds. The topological polar surface area (TPSA) is 81.2 Å². The number of likely N-dealkylation sites (N-methyl/N-ethyl adjacent to an activating group) is 1. The second kappa shape index (κ2) is 6.44. The van der Waals surface area contributed by atoms with E-state index in [-0.39, 0.29) is 17.8 Å². The standard InChI is InChI=1S/C17H20FN3O4/c1-3-21-12-9-13(20-6-4-19(2)5-7-20)11(18)8-10(12)15(22)14(16(21)23)17(24)25/h8-9,14H,3-7H2,1-2H3,(H,24,25). The minimum atomic E-state index is -1.80. The van der Waals surface area contributed by atoms with Crippen molar-refractivity contribution < 1.29 is 23.9 Å². The number of anilines is 2. The Labute approximate surface area is 144 Å². The second-order valence-corrected chi connectivity index (χ2v) is 6.33. The first-order valence-electron chi connectivity index (χ1n) is 8.20. The van der Waals surface area contributed by atoms with Crippen molar-refractivity contribution in [2.24, 2.45) is 5.92 Å². The molecule has 1 aromatic rings. The van der Waals surface area contributed by atoms with Crippen LogP contribution < -0.4 is 9.80 Å². The van der Waals surface area contributed by atoms with Gasteiger partial charge in [0, 0.05) is 38.3 Å². The van der Waals surface area contributed by atoms with E-state index in [0.29, 0.717) is 18.8 Å². The lowest BCUT2D eigenvalue weighted by molar-refractivity contribution is -0.144. The maximum absolute atomic E-state index is 14.6. The number of halogens is 1. The minimum Gasteiger partial charge on any atom is -0.480 e. The van der Waals surface area contributed by atoms with Gasteiger partial charge < -0.3 is 19.8 Å². The number of carbonyl (C=O) groups is 3. The molecule has 2 heterocycles. The summed E-state index contributed by atoms with van der Waals surface area (Å²) in [6.45, 7) is 4.74. The third-order valence-corrected chi connectivity index (χ3v) is 4.80. The van der Waals surface area contributed by atoms with Gasteiger partial charge in [-0.2, -0.15) is 0 Å². The number of hydrogen-bond donors (Lipinski definition) is 1. The average Bonchev–Trinajstić information content (AvgIpc) is 2.56. The number of amides is 1. The Morgan fingerprint density at radius 1 is 1.20 bits per heavy atom. The number of benzene rings is 1. The van der Waals surface area contributed by atoms with Gasteiger partial charge in [-0.15, -0.1) is 0 Å². The molecule has 0 saturated carbocycles. The second-order valence-electron chi connectivity index (χ2n) is 6.33. The minimum absolute atomic E-state index is 0.0516. The van der Waals surface area contributed by atoms with Crippen molar-refractivity contribution in [2.45, 2.75) is 6.92 Å². The van der Waals surface area contributed by atoms with Crippen LogP contribution in [0.15, 0.2) is 12.1 Å². The van der Waals surface area contributed by atoms with Gasteiger partial charge in [-0.3, -0.25) is 14.4 Å². The molecule has 0 spiro atoms. The highest BCUT2D eigenvalue weighted by molar-refractivity contribution is 6.30. The fourth-order valence-electron chi connectivity index (χ4n) is 3.35. The van der Waals surface area contributed by atoms with Gasteiger partial charge in [0.2, 0.25) is 5.91 Å². The Bertz CT molecular complexity index is 744. The fraction of sp³-hybridized carbons (Fsp3) is 0.471. The Balaban J connectivity index is 2.06. The first-order valence-corrected chi connectivity index (χ1v) is 8.20. The molecule has 2 aliphatic heterocycles. The summed E-state index contributed by atoms with van der Waals surface area (Å²) in [5.74, 6) is -5.53. The van der Waals surface area contributed by atoms with Crippen molar-refractivity contribution in [3.63, 3.8) is 0 Å². The average molecular weight is 349 g/mol. The number of hydrogen-bond acceptors (Lipinski definition) is 5. The van der Waals surface area contributed by atoms with Gasteiger partial charge in [-0.25, -0.2) is 4.39 Å². The summed E-state index contributed by atoms with van der Waals surface area (Å²) < 4.78 is 14.6. The molecule has 0 aliphatic carbocycles. The van der Waals surface area contributed by atoms with Gasteiger partial charge in [0.25, 0.3) is 0 Å². The summed E-state index contributed by atoms with van der Waals surface area (Å²) >= 11 is 0. The number of fused-ring (bicyclic) bond motifs is 1. The highest BCUT2D eigenvalue weighted by Gasteiger charge is 2.44. The van der Waals surface area contributed by atoms with Crippen LogP contribution in [0.2, 0.25) is 0 Å². The SMILES string of the molecule is CCN1C(=O)C(C(=O)O)C(=O)c2cc(F)c(N3CCN(C)CC3)cc21. The Morgan fingerprint density at radius 2 is 1.84 bits per heavy atom. The third-order valence-electron chi connectivity index (χ3n) is 4.80. The molecule has 1 N–H and O–H groups in total. The maximum atomic E-state index is 14.6. The number of carboxylic acid groups (broad SMARTS) is 1. The van der Waals surface area contributed by atoms with Gasteiger partial charge >= 0.3 is 5.97 Å². The number of carboxylic acids is 1. The van der Waals surface area contributed by atoms with Crippen LogP contribution in [0.25, 0.3) is 0 Å². The van der Waals surface area contributed by atoms with E-state index in [9.17, 15) is 23.9 Å². The van der Waals surface area contributed by atoms with E-state index in [1.807, 2.05) is 11.9 Å². The molecule has 2 aliphatic rings. The predicted octanol–water partition coefficient (Wildman–Crippen LogP) is 0.828. The quantitative estimate of drug-likeness (QED) is 0.814. The molecule has 25 heavy (non-hydrogen) atoms. The van der Waals surface area contributed by atoms with Crippen molar-refractivity contribution in [3.05, 3.63) is 23.5 Å². The normalized spacial score (nSPS) is 21.5. The molecule has 1 aromatic carbocycles. The zero-order valence-corrected chi connectivity index (χ0v) is 14.2. The molecule has 0 bridgehead atoms. The largest absolute Gasteiger partial charge is 0.480 e.